The van der Waals surface area contributed by atoms with Gasteiger partial charge in [-0.05, 0) is 31.5 Å². The lowest BCUT2D eigenvalue weighted by molar-refractivity contribution is 0.443. The minimum atomic E-state index is -3.60. The second-order valence-electron chi connectivity index (χ2n) is 5.28. The normalized spacial score (nSPS) is 11.4. The Labute approximate surface area is 132 Å². The molecule has 0 unspecified atom stereocenters. The fraction of sp³-hybridized carbons (Fsp3) is 0.222. The van der Waals surface area contributed by atoms with Gasteiger partial charge in [0.15, 0.2) is 0 Å². The van der Waals surface area contributed by atoms with Crippen molar-refractivity contribution in [3.8, 4) is 12.3 Å². The molecule has 0 aromatic heterocycles. The molecular formula is C18H19NO2S. The average molecular weight is 313 g/mol. The predicted molar refractivity (Wildman–Crippen MR) is 88.8 cm³/mol. The van der Waals surface area contributed by atoms with E-state index in [1.54, 1.807) is 24.3 Å². The SMILES string of the molecule is C#CCN(Cc1ccc(C)cc1)S(=O)(=O)c1ccc(C)cc1. The predicted octanol–water partition coefficient (Wildman–Crippen LogP) is 3.13. The molecule has 0 atom stereocenters. The summed E-state index contributed by atoms with van der Waals surface area (Å²) in [5, 5.41) is 0. The first-order valence-corrected chi connectivity index (χ1v) is 8.43. The molecule has 3 nitrogen and oxygen atoms in total. The Kier molecular flexibility index (Phi) is 5.02. The molecule has 0 amide bonds. The highest BCUT2D eigenvalue weighted by Gasteiger charge is 2.23. The van der Waals surface area contributed by atoms with Gasteiger partial charge in [0.25, 0.3) is 0 Å². The van der Waals surface area contributed by atoms with Crippen molar-refractivity contribution in [2.45, 2.75) is 25.3 Å². The van der Waals surface area contributed by atoms with Gasteiger partial charge in [-0.15, -0.1) is 6.42 Å². The molecule has 2 aromatic rings. The lowest BCUT2D eigenvalue weighted by atomic mass is 10.1. The molecule has 0 saturated carbocycles. The minimum absolute atomic E-state index is 0.0457. The molecule has 0 saturated heterocycles. The van der Waals surface area contributed by atoms with Crippen LogP contribution in [-0.2, 0) is 16.6 Å². The van der Waals surface area contributed by atoms with E-state index in [1.165, 1.54) is 4.31 Å². The molecule has 0 spiro atoms. The Morgan fingerprint density at radius 1 is 0.955 bits per heavy atom. The molecule has 0 bridgehead atoms. The van der Waals surface area contributed by atoms with Crippen molar-refractivity contribution in [2.75, 3.05) is 6.54 Å². The van der Waals surface area contributed by atoms with Crippen molar-refractivity contribution in [1.82, 2.24) is 4.31 Å². The lowest BCUT2D eigenvalue weighted by Gasteiger charge is -2.20. The minimum Gasteiger partial charge on any atom is -0.207 e. The summed E-state index contributed by atoms with van der Waals surface area (Å²) < 4.78 is 26.8. The summed E-state index contributed by atoms with van der Waals surface area (Å²) in [4.78, 5) is 0.264. The highest BCUT2D eigenvalue weighted by molar-refractivity contribution is 7.89. The third-order valence-corrected chi connectivity index (χ3v) is 5.21. The molecule has 2 rings (SSSR count). The first-order valence-electron chi connectivity index (χ1n) is 6.99. The molecule has 0 aliphatic rings. The van der Waals surface area contributed by atoms with E-state index in [0.29, 0.717) is 0 Å². The first-order chi connectivity index (χ1) is 10.4. The number of nitrogens with zero attached hydrogens (tertiary/aromatic N) is 1. The van der Waals surface area contributed by atoms with Crippen LogP contribution in [0.15, 0.2) is 53.4 Å². The van der Waals surface area contributed by atoms with Gasteiger partial charge in [0.1, 0.15) is 0 Å². The summed E-state index contributed by atoms with van der Waals surface area (Å²) in [5.74, 6) is 2.43. The van der Waals surface area contributed by atoms with Crippen LogP contribution < -0.4 is 0 Å². The van der Waals surface area contributed by atoms with Crippen molar-refractivity contribution < 1.29 is 8.42 Å². The zero-order valence-electron chi connectivity index (χ0n) is 12.8. The van der Waals surface area contributed by atoms with Crippen LogP contribution >= 0.6 is 0 Å². The van der Waals surface area contributed by atoms with Crippen LogP contribution in [-0.4, -0.2) is 19.3 Å². The third-order valence-electron chi connectivity index (χ3n) is 3.41. The molecule has 0 N–H and O–H groups in total. The van der Waals surface area contributed by atoms with Crippen LogP contribution in [0.4, 0.5) is 0 Å². The van der Waals surface area contributed by atoms with Crippen LogP contribution in [0.5, 0.6) is 0 Å². The molecule has 22 heavy (non-hydrogen) atoms. The largest absolute Gasteiger partial charge is 0.244 e. The van der Waals surface area contributed by atoms with Gasteiger partial charge in [-0.1, -0.05) is 53.4 Å². The van der Waals surface area contributed by atoms with Gasteiger partial charge in [-0.25, -0.2) is 8.42 Å². The van der Waals surface area contributed by atoms with Gasteiger partial charge < -0.3 is 0 Å². The molecule has 2 aromatic carbocycles. The molecule has 114 valence electrons. The zero-order chi connectivity index (χ0) is 16.2. The van der Waals surface area contributed by atoms with E-state index in [-0.39, 0.29) is 18.0 Å². The van der Waals surface area contributed by atoms with Crippen molar-refractivity contribution in [3.05, 3.63) is 65.2 Å². The van der Waals surface area contributed by atoms with Crippen LogP contribution in [0.3, 0.4) is 0 Å². The van der Waals surface area contributed by atoms with E-state index in [0.717, 1.165) is 16.7 Å². The number of hydrogen-bond donors (Lipinski definition) is 0. The molecule has 0 aliphatic carbocycles. The van der Waals surface area contributed by atoms with Crippen LogP contribution in [0.1, 0.15) is 16.7 Å². The maximum Gasteiger partial charge on any atom is 0.244 e. The maximum absolute atomic E-state index is 12.7. The topological polar surface area (TPSA) is 37.4 Å². The molecule has 4 heteroatoms. The van der Waals surface area contributed by atoms with E-state index in [2.05, 4.69) is 5.92 Å². The Morgan fingerprint density at radius 2 is 1.45 bits per heavy atom. The number of hydrogen-bond acceptors (Lipinski definition) is 2. The molecule has 0 fully saturated rings. The summed E-state index contributed by atoms with van der Waals surface area (Å²) >= 11 is 0. The number of benzene rings is 2. The van der Waals surface area contributed by atoms with Crippen LogP contribution in [0.25, 0.3) is 0 Å². The summed E-state index contributed by atoms with van der Waals surface area (Å²) in [6.45, 7) is 4.22. The average Bonchev–Trinajstić information content (AvgIpc) is 2.49. The highest BCUT2D eigenvalue weighted by Crippen LogP contribution is 2.19. The van der Waals surface area contributed by atoms with Crippen molar-refractivity contribution in [1.29, 1.82) is 0 Å². The molecule has 0 radical (unpaired) electrons. The van der Waals surface area contributed by atoms with Crippen molar-refractivity contribution in [2.24, 2.45) is 0 Å². The van der Waals surface area contributed by atoms with E-state index in [4.69, 9.17) is 6.42 Å². The third kappa shape index (κ3) is 3.76. The Morgan fingerprint density at radius 3 is 1.95 bits per heavy atom. The van der Waals surface area contributed by atoms with Gasteiger partial charge in [-0.2, -0.15) is 4.31 Å². The van der Waals surface area contributed by atoms with Crippen LogP contribution in [0, 0.1) is 26.2 Å². The quantitative estimate of drug-likeness (QED) is 0.795. The summed E-state index contributed by atoms with van der Waals surface area (Å²) in [7, 11) is -3.60. The number of sulfonamides is 1. The first kappa shape index (κ1) is 16.3. The second kappa shape index (κ2) is 6.78. The fourth-order valence-corrected chi connectivity index (χ4v) is 3.43. The number of terminal acetylenes is 1. The Bertz CT molecular complexity index is 769. The van der Waals surface area contributed by atoms with Crippen LogP contribution in [0.2, 0.25) is 0 Å². The Balaban J connectivity index is 2.32. The maximum atomic E-state index is 12.7. The van der Waals surface area contributed by atoms with E-state index >= 15 is 0 Å². The lowest BCUT2D eigenvalue weighted by Crippen LogP contribution is -2.31. The summed E-state index contributed by atoms with van der Waals surface area (Å²) in [5.41, 5.74) is 3.06. The van der Waals surface area contributed by atoms with Gasteiger partial charge in [0.2, 0.25) is 10.0 Å². The van der Waals surface area contributed by atoms with E-state index in [1.807, 2.05) is 38.1 Å². The fourth-order valence-electron chi connectivity index (χ4n) is 2.08. The summed E-state index contributed by atoms with van der Waals surface area (Å²) in [6, 6.07) is 14.6. The van der Waals surface area contributed by atoms with E-state index < -0.39 is 10.0 Å². The van der Waals surface area contributed by atoms with E-state index in [9.17, 15) is 8.42 Å². The molecular weight excluding hydrogens is 294 g/mol. The summed E-state index contributed by atoms with van der Waals surface area (Å²) in [6.07, 6.45) is 5.35. The zero-order valence-corrected chi connectivity index (χ0v) is 13.6. The van der Waals surface area contributed by atoms with Crippen molar-refractivity contribution in [3.63, 3.8) is 0 Å². The van der Waals surface area contributed by atoms with Gasteiger partial charge in [0.05, 0.1) is 11.4 Å². The molecule has 0 heterocycles. The standard InChI is InChI=1S/C18H19NO2S/c1-4-13-19(14-17-9-5-15(2)6-10-17)22(20,21)18-11-7-16(3)8-12-18/h1,5-12H,13-14H2,2-3H3. The van der Waals surface area contributed by atoms with Gasteiger partial charge in [-0.3, -0.25) is 0 Å². The monoisotopic (exact) mass is 313 g/mol. The van der Waals surface area contributed by atoms with Gasteiger partial charge >= 0.3 is 0 Å². The molecule has 0 aliphatic heterocycles. The number of aryl methyl sites for hydroxylation is 2. The smallest absolute Gasteiger partial charge is 0.207 e. The number of rotatable bonds is 5. The Hall–Kier alpha value is -2.09. The second-order valence-corrected chi connectivity index (χ2v) is 7.21. The van der Waals surface area contributed by atoms with Gasteiger partial charge in [0, 0.05) is 6.54 Å². The van der Waals surface area contributed by atoms with Crippen molar-refractivity contribution >= 4 is 10.0 Å². The highest BCUT2D eigenvalue weighted by atomic mass is 32.2.